The van der Waals surface area contributed by atoms with Crippen molar-refractivity contribution < 1.29 is 19.0 Å². The molecule has 0 radical (unpaired) electrons. The molecule has 1 atom stereocenters. The lowest BCUT2D eigenvalue weighted by atomic mass is 10.2. The number of amides is 1. The lowest BCUT2D eigenvalue weighted by Gasteiger charge is -2.10. The zero-order chi connectivity index (χ0) is 18.9. The lowest BCUT2D eigenvalue weighted by molar-refractivity contribution is 0.0166. The van der Waals surface area contributed by atoms with Crippen molar-refractivity contribution in [1.82, 2.24) is 5.32 Å². The van der Waals surface area contributed by atoms with Crippen LogP contribution in [-0.2, 0) is 9.47 Å². The molecule has 1 N–H and O–H groups in total. The van der Waals surface area contributed by atoms with Crippen LogP contribution in [0.15, 0.2) is 36.4 Å². The minimum absolute atomic E-state index is 0.0928. The third-order valence-electron chi connectivity index (χ3n) is 4.34. The predicted molar refractivity (Wildman–Crippen MR) is 108 cm³/mol. The van der Waals surface area contributed by atoms with Crippen LogP contribution in [0.5, 0.6) is 5.75 Å². The maximum Gasteiger partial charge on any atom is 0.265 e. The number of ether oxygens (including phenoxy) is 3. The quantitative estimate of drug-likeness (QED) is 0.621. The zero-order valence-electron chi connectivity index (χ0n) is 15.7. The summed E-state index contributed by atoms with van der Waals surface area (Å²) in [7, 11) is 0. The van der Waals surface area contributed by atoms with Gasteiger partial charge in [0.1, 0.15) is 10.6 Å². The highest BCUT2D eigenvalue weighted by Gasteiger charge is 2.18. The summed E-state index contributed by atoms with van der Waals surface area (Å²) in [6, 6.07) is 12.0. The number of benzene rings is 1. The third-order valence-corrected chi connectivity index (χ3v) is 5.51. The van der Waals surface area contributed by atoms with Crippen LogP contribution in [0.1, 0.15) is 35.9 Å². The van der Waals surface area contributed by atoms with Gasteiger partial charge in [0.25, 0.3) is 5.91 Å². The normalized spacial score (nSPS) is 16.4. The Kier molecular flexibility index (Phi) is 7.68. The van der Waals surface area contributed by atoms with Crippen LogP contribution < -0.4 is 10.1 Å². The van der Waals surface area contributed by atoms with Gasteiger partial charge in [-0.1, -0.05) is 30.3 Å². The predicted octanol–water partition coefficient (Wildman–Crippen LogP) is 4.13. The Balaban J connectivity index is 1.48. The number of thiophene rings is 1. The van der Waals surface area contributed by atoms with Crippen LogP contribution in [0.2, 0.25) is 0 Å². The van der Waals surface area contributed by atoms with Crippen LogP contribution in [0.25, 0.3) is 10.4 Å². The van der Waals surface area contributed by atoms with Crippen LogP contribution >= 0.6 is 11.3 Å². The molecule has 0 spiro atoms. The molecule has 0 aliphatic carbocycles. The van der Waals surface area contributed by atoms with Crippen molar-refractivity contribution in [2.24, 2.45) is 0 Å². The molecule has 5 nitrogen and oxygen atoms in total. The second kappa shape index (κ2) is 10.4. The summed E-state index contributed by atoms with van der Waals surface area (Å²) in [6.07, 6.45) is 3.23. The molecule has 1 aromatic heterocycles. The van der Waals surface area contributed by atoms with Gasteiger partial charge >= 0.3 is 0 Å². The second-order valence-electron chi connectivity index (χ2n) is 6.42. The highest BCUT2D eigenvalue weighted by Crippen LogP contribution is 2.36. The number of hydrogen-bond acceptors (Lipinski definition) is 5. The molecule has 1 saturated heterocycles. The second-order valence-corrected chi connectivity index (χ2v) is 7.47. The Morgan fingerprint density at radius 2 is 2.19 bits per heavy atom. The monoisotopic (exact) mass is 389 g/mol. The molecule has 2 aromatic rings. The fraction of sp³-hybridized carbons (Fsp3) is 0.476. The van der Waals surface area contributed by atoms with E-state index in [0.717, 1.165) is 36.3 Å². The van der Waals surface area contributed by atoms with E-state index in [-0.39, 0.29) is 12.0 Å². The Morgan fingerprint density at radius 1 is 1.33 bits per heavy atom. The molecule has 27 heavy (non-hydrogen) atoms. The smallest absolute Gasteiger partial charge is 0.265 e. The SMILES string of the molecule is CCOc1cc(-c2ccccc2)sc1C(=O)NCCCOCC1CCCO1. The summed E-state index contributed by atoms with van der Waals surface area (Å²) in [5, 5.41) is 2.97. The van der Waals surface area contributed by atoms with Gasteiger partial charge in [-0.2, -0.15) is 0 Å². The average Bonchev–Trinajstić information content (AvgIpc) is 3.35. The standard InChI is InChI=1S/C21H27NO4S/c1-2-25-18-14-19(16-8-4-3-5-9-16)27-20(18)21(23)22-11-7-12-24-15-17-10-6-13-26-17/h3-5,8-9,14,17H,2,6-7,10-13,15H2,1H3,(H,22,23). The van der Waals surface area contributed by atoms with Crippen LogP contribution in [0, 0.1) is 0 Å². The first-order valence-electron chi connectivity index (χ1n) is 9.57. The third kappa shape index (κ3) is 5.79. The molecule has 1 aliphatic rings. The van der Waals surface area contributed by atoms with Gasteiger partial charge in [0, 0.05) is 24.6 Å². The van der Waals surface area contributed by atoms with Gasteiger partial charge < -0.3 is 19.5 Å². The van der Waals surface area contributed by atoms with Gasteiger partial charge in [-0.3, -0.25) is 4.79 Å². The lowest BCUT2D eigenvalue weighted by Crippen LogP contribution is -2.25. The van der Waals surface area contributed by atoms with Gasteiger partial charge in [0.05, 0.1) is 19.3 Å². The number of carbonyl (C=O) groups is 1. The van der Waals surface area contributed by atoms with E-state index in [0.29, 0.717) is 37.0 Å². The molecule has 0 saturated carbocycles. The van der Waals surface area contributed by atoms with E-state index in [9.17, 15) is 4.79 Å². The van der Waals surface area contributed by atoms with E-state index in [1.54, 1.807) is 0 Å². The van der Waals surface area contributed by atoms with E-state index in [4.69, 9.17) is 14.2 Å². The molecule has 1 aliphatic heterocycles. The molecule has 1 aromatic carbocycles. The molecule has 0 bridgehead atoms. The molecule has 1 unspecified atom stereocenters. The van der Waals surface area contributed by atoms with Gasteiger partial charge in [0.15, 0.2) is 0 Å². The van der Waals surface area contributed by atoms with Crippen molar-refractivity contribution >= 4 is 17.2 Å². The molecular weight excluding hydrogens is 362 g/mol. The molecule has 1 amide bonds. The van der Waals surface area contributed by atoms with Gasteiger partial charge in [-0.25, -0.2) is 0 Å². The zero-order valence-corrected chi connectivity index (χ0v) is 16.6. The van der Waals surface area contributed by atoms with Crippen LogP contribution in [0.4, 0.5) is 0 Å². The van der Waals surface area contributed by atoms with Crippen molar-refractivity contribution in [2.75, 3.05) is 33.0 Å². The summed E-state index contributed by atoms with van der Waals surface area (Å²) in [5.74, 6) is 0.554. The van der Waals surface area contributed by atoms with Crippen LogP contribution in [0.3, 0.4) is 0 Å². The maximum atomic E-state index is 12.6. The van der Waals surface area contributed by atoms with Crippen molar-refractivity contribution in [3.63, 3.8) is 0 Å². The summed E-state index contributed by atoms with van der Waals surface area (Å²) in [5.41, 5.74) is 1.09. The van der Waals surface area contributed by atoms with Gasteiger partial charge in [-0.15, -0.1) is 11.3 Å². The fourth-order valence-electron chi connectivity index (χ4n) is 2.99. The van der Waals surface area contributed by atoms with Gasteiger partial charge in [0.2, 0.25) is 0 Å². The summed E-state index contributed by atoms with van der Waals surface area (Å²) < 4.78 is 16.8. The Hall–Kier alpha value is -1.89. The highest BCUT2D eigenvalue weighted by molar-refractivity contribution is 7.17. The number of carbonyl (C=O) groups excluding carboxylic acids is 1. The van der Waals surface area contributed by atoms with E-state index >= 15 is 0 Å². The number of nitrogens with one attached hydrogen (secondary N) is 1. The first kappa shape index (κ1) is 19.9. The fourth-order valence-corrected chi connectivity index (χ4v) is 4.01. The number of rotatable bonds is 10. The largest absolute Gasteiger partial charge is 0.492 e. The molecule has 1 fully saturated rings. The van der Waals surface area contributed by atoms with Crippen molar-refractivity contribution in [1.29, 1.82) is 0 Å². The van der Waals surface area contributed by atoms with E-state index < -0.39 is 0 Å². The Morgan fingerprint density at radius 3 is 2.93 bits per heavy atom. The maximum absolute atomic E-state index is 12.6. The molecular formula is C21H27NO4S. The molecule has 6 heteroatoms. The van der Waals surface area contributed by atoms with E-state index in [2.05, 4.69) is 5.32 Å². The minimum atomic E-state index is -0.0928. The van der Waals surface area contributed by atoms with E-state index in [1.165, 1.54) is 11.3 Å². The minimum Gasteiger partial charge on any atom is -0.492 e. The highest BCUT2D eigenvalue weighted by atomic mass is 32.1. The topological polar surface area (TPSA) is 56.8 Å². The van der Waals surface area contributed by atoms with Crippen molar-refractivity contribution in [3.8, 4) is 16.2 Å². The molecule has 3 rings (SSSR count). The molecule has 2 heterocycles. The first-order chi connectivity index (χ1) is 13.3. The molecule has 146 valence electrons. The Labute approximate surface area is 164 Å². The Bertz CT molecular complexity index is 710. The first-order valence-corrected chi connectivity index (χ1v) is 10.4. The summed E-state index contributed by atoms with van der Waals surface area (Å²) in [6.45, 7) is 5.15. The summed E-state index contributed by atoms with van der Waals surface area (Å²) >= 11 is 1.46. The summed E-state index contributed by atoms with van der Waals surface area (Å²) in [4.78, 5) is 14.2. The average molecular weight is 390 g/mol. The number of hydrogen-bond donors (Lipinski definition) is 1. The van der Waals surface area contributed by atoms with Crippen molar-refractivity contribution in [3.05, 3.63) is 41.3 Å². The van der Waals surface area contributed by atoms with Crippen molar-refractivity contribution in [2.45, 2.75) is 32.3 Å². The van der Waals surface area contributed by atoms with E-state index in [1.807, 2.05) is 43.3 Å². The van der Waals surface area contributed by atoms with Gasteiger partial charge in [-0.05, 0) is 37.8 Å². The van der Waals surface area contributed by atoms with Crippen LogP contribution in [-0.4, -0.2) is 45.0 Å².